The molecule has 1 amide bonds. The highest BCUT2D eigenvalue weighted by atomic mass is 35.5. The van der Waals surface area contributed by atoms with Crippen molar-refractivity contribution in [3.05, 3.63) is 94.2 Å². The van der Waals surface area contributed by atoms with E-state index in [0.29, 0.717) is 21.6 Å². The number of carbonyl (C=O) groups is 1. The quantitative estimate of drug-likeness (QED) is 0.289. The molecule has 1 aromatic heterocycles. The lowest BCUT2D eigenvalue weighted by atomic mass is 10.2. The number of thioether (sulfide) groups is 1. The molecule has 0 aliphatic heterocycles. The maximum atomic E-state index is 13.1. The van der Waals surface area contributed by atoms with Gasteiger partial charge in [-0.15, -0.1) is 10.2 Å². The van der Waals surface area contributed by atoms with Crippen molar-refractivity contribution in [2.45, 2.75) is 22.7 Å². The molecule has 0 unspecified atom stereocenters. The van der Waals surface area contributed by atoms with Crippen LogP contribution in [0.25, 0.3) is 5.69 Å². The van der Waals surface area contributed by atoms with Crippen molar-refractivity contribution in [2.75, 3.05) is 11.1 Å². The molecule has 4 aromatic rings. The van der Waals surface area contributed by atoms with Crippen LogP contribution in [0.2, 0.25) is 10.0 Å². The maximum absolute atomic E-state index is 13.1. The van der Waals surface area contributed by atoms with E-state index in [1.807, 2.05) is 37.3 Å². The van der Waals surface area contributed by atoms with Gasteiger partial charge in [0.15, 0.2) is 20.8 Å². The van der Waals surface area contributed by atoms with E-state index in [1.165, 1.54) is 0 Å². The highest BCUT2D eigenvalue weighted by Crippen LogP contribution is 2.30. The summed E-state index contributed by atoms with van der Waals surface area (Å²) in [6.07, 6.45) is 0. The van der Waals surface area contributed by atoms with Crippen LogP contribution in [0.1, 0.15) is 11.4 Å². The van der Waals surface area contributed by atoms with Gasteiger partial charge < -0.3 is 5.32 Å². The number of para-hydroxylation sites is 1. The number of rotatable bonds is 8. The molecule has 0 fully saturated rings. The van der Waals surface area contributed by atoms with Crippen molar-refractivity contribution < 1.29 is 13.2 Å². The smallest absolute Gasteiger partial charge is 0.234 e. The maximum Gasteiger partial charge on any atom is 0.234 e. The largest absolute Gasteiger partial charge is 0.324 e. The number of nitrogens with one attached hydrogen (secondary N) is 1. The van der Waals surface area contributed by atoms with Crippen LogP contribution in [0, 0.1) is 6.92 Å². The van der Waals surface area contributed by atoms with Gasteiger partial charge in [0.2, 0.25) is 5.91 Å². The second-order valence-corrected chi connectivity index (χ2v) is 11.3. The molecule has 0 saturated carbocycles. The lowest BCUT2D eigenvalue weighted by Gasteiger charge is -2.11. The second kappa shape index (κ2) is 10.8. The molecular weight excluding hydrogens is 527 g/mol. The Morgan fingerprint density at radius 3 is 2.40 bits per heavy atom. The van der Waals surface area contributed by atoms with Crippen LogP contribution in [-0.4, -0.2) is 34.8 Å². The number of aromatic nitrogens is 3. The van der Waals surface area contributed by atoms with E-state index in [1.54, 1.807) is 47.0 Å². The van der Waals surface area contributed by atoms with E-state index in [0.717, 1.165) is 17.3 Å². The van der Waals surface area contributed by atoms with Gasteiger partial charge in [0, 0.05) is 5.69 Å². The highest BCUT2D eigenvalue weighted by Gasteiger charge is 2.23. The number of halogens is 2. The van der Waals surface area contributed by atoms with Gasteiger partial charge in [-0.3, -0.25) is 9.36 Å². The topological polar surface area (TPSA) is 94.0 Å². The van der Waals surface area contributed by atoms with Crippen LogP contribution < -0.4 is 5.32 Å². The molecule has 0 radical (unpaired) electrons. The first-order valence-electron chi connectivity index (χ1n) is 10.4. The Kier molecular flexibility index (Phi) is 7.81. The third-order valence-corrected chi connectivity index (χ3v) is 8.35. The fourth-order valence-corrected chi connectivity index (χ4v) is 5.60. The second-order valence-electron chi connectivity index (χ2n) is 7.58. The number of benzene rings is 3. The summed E-state index contributed by atoms with van der Waals surface area (Å²) in [5.74, 6) is -0.422. The van der Waals surface area contributed by atoms with E-state index in [9.17, 15) is 13.2 Å². The molecule has 0 spiro atoms. The number of hydrogen-bond donors (Lipinski definition) is 1. The summed E-state index contributed by atoms with van der Waals surface area (Å²) in [4.78, 5) is 12.8. The molecule has 1 heterocycles. The zero-order valence-corrected chi connectivity index (χ0v) is 21.6. The van der Waals surface area contributed by atoms with Crippen LogP contribution >= 0.6 is 35.0 Å². The van der Waals surface area contributed by atoms with E-state index in [-0.39, 0.29) is 33.2 Å². The van der Waals surface area contributed by atoms with Crippen LogP contribution in [0.3, 0.4) is 0 Å². The summed E-state index contributed by atoms with van der Waals surface area (Å²) in [6, 6.07) is 20.8. The van der Waals surface area contributed by atoms with Crippen molar-refractivity contribution in [2.24, 2.45) is 0 Å². The average molecular weight is 547 g/mol. The Morgan fingerprint density at radius 2 is 1.69 bits per heavy atom. The van der Waals surface area contributed by atoms with E-state index in [4.69, 9.17) is 23.2 Å². The molecule has 0 aliphatic rings. The Hall–Kier alpha value is -2.85. The minimum Gasteiger partial charge on any atom is -0.324 e. The van der Waals surface area contributed by atoms with Gasteiger partial charge in [-0.05, 0) is 43.3 Å². The van der Waals surface area contributed by atoms with Gasteiger partial charge in [0.05, 0.1) is 26.4 Å². The standard InChI is InChI=1S/C24H20Cl2N4O3S2/c1-16-10-12-18(13-11-16)35(32,33)15-21-28-29-24(30(21)17-6-3-2-4-7-17)34-14-22(31)27-20-9-5-8-19(25)23(20)26/h2-13H,14-15H2,1H3,(H,27,31). The normalized spacial score (nSPS) is 11.4. The van der Waals surface area contributed by atoms with Crippen molar-refractivity contribution in [3.8, 4) is 5.69 Å². The molecule has 11 heteroatoms. The number of hydrogen-bond acceptors (Lipinski definition) is 6. The number of anilines is 1. The summed E-state index contributed by atoms with van der Waals surface area (Å²) in [5, 5.41) is 12.0. The minimum atomic E-state index is -3.67. The number of carbonyl (C=O) groups excluding carboxylic acids is 1. The van der Waals surface area contributed by atoms with Gasteiger partial charge in [-0.2, -0.15) is 0 Å². The van der Waals surface area contributed by atoms with Crippen molar-refractivity contribution in [3.63, 3.8) is 0 Å². The monoisotopic (exact) mass is 546 g/mol. The van der Waals surface area contributed by atoms with E-state index >= 15 is 0 Å². The van der Waals surface area contributed by atoms with Crippen LogP contribution in [0.15, 0.2) is 82.8 Å². The Morgan fingerprint density at radius 1 is 0.971 bits per heavy atom. The first-order valence-corrected chi connectivity index (χ1v) is 13.8. The molecule has 35 heavy (non-hydrogen) atoms. The fourth-order valence-electron chi connectivity index (χ4n) is 3.24. The highest BCUT2D eigenvalue weighted by molar-refractivity contribution is 7.99. The van der Waals surface area contributed by atoms with Gasteiger partial charge in [-0.25, -0.2) is 8.42 Å². The summed E-state index contributed by atoms with van der Waals surface area (Å²) in [6.45, 7) is 1.89. The lowest BCUT2D eigenvalue weighted by Crippen LogP contribution is -2.15. The summed E-state index contributed by atoms with van der Waals surface area (Å²) in [7, 11) is -3.67. The summed E-state index contributed by atoms with van der Waals surface area (Å²) >= 11 is 13.3. The molecule has 180 valence electrons. The molecule has 4 rings (SSSR count). The number of sulfone groups is 1. The summed E-state index contributed by atoms with van der Waals surface area (Å²) in [5.41, 5.74) is 2.05. The van der Waals surface area contributed by atoms with Crippen LogP contribution in [-0.2, 0) is 20.4 Å². The molecular formula is C24H20Cl2N4O3S2. The van der Waals surface area contributed by atoms with Gasteiger partial charge >= 0.3 is 0 Å². The molecule has 0 saturated heterocycles. The van der Waals surface area contributed by atoms with Crippen molar-refractivity contribution in [1.29, 1.82) is 0 Å². The minimum absolute atomic E-state index is 0.00147. The van der Waals surface area contributed by atoms with Gasteiger partial charge in [-0.1, -0.05) is 76.9 Å². The van der Waals surface area contributed by atoms with E-state index < -0.39 is 9.84 Å². The SMILES string of the molecule is Cc1ccc(S(=O)(=O)Cc2nnc(SCC(=O)Nc3cccc(Cl)c3Cl)n2-c2ccccc2)cc1. The number of amides is 1. The van der Waals surface area contributed by atoms with Crippen LogP contribution in [0.4, 0.5) is 5.69 Å². The van der Waals surface area contributed by atoms with Crippen molar-refractivity contribution in [1.82, 2.24) is 14.8 Å². The van der Waals surface area contributed by atoms with Crippen LogP contribution in [0.5, 0.6) is 0 Å². The fraction of sp³-hybridized carbons (Fsp3) is 0.125. The zero-order chi connectivity index (χ0) is 25.0. The molecule has 0 atom stereocenters. The Bertz CT molecular complexity index is 1460. The molecule has 3 aromatic carbocycles. The first kappa shape index (κ1) is 25.2. The van der Waals surface area contributed by atoms with Crippen molar-refractivity contribution >= 4 is 56.4 Å². The Labute approximate surface area is 217 Å². The summed E-state index contributed by atoms with van der Waals surface area (Å²) < 4.78 is 27.8. The van der Waals surface area contributed by atoms with E-state index in [2.05, 4.69) is 15.5 Å². The molecule has 7 nitrogen and oxygen atoms in total. The molecule has 1 N–H and O–H groups in total. The predicted octanol–water partition coefficient (Wildman–Crippen LogP) is 5.59. The third kappa shape index (κ3) is 6.05. The predicted molar refractivity (Wildman–Crippen MR) is 139 cm³/mol. The number of nitrogens with zero attached hydrogens (tertiary/aromatic N) is 3. The van der Waals surface area contributed by atoms with Gasteiger partial charge in [0.25, 0.3) is 0 Å². The van der Waals surface area contributed by atoms with Gasteiger partial charge in [0.1, 0.15) is 5.75 Å². The lowest BCUT2D eigenvalue weighted by molar-refractivity contribution is -0.113. The zero-order valence-electron chi connectivity index (χ0n) is 18.5. The third-order valence-electron chi connectivity index (χ3n) is 4.97. The number of aryl methyl sites for hydroxylation is 1. The Balaban J connectivity index is 1.58. The average Bonchev–Trinajstić information content (AvgIpc) is 3.23. The molecule has 0 aliphatic carbocycles. The first-order chi connectivity index (χ1) is 16.7. The molecule has 0 bridgehead atoms.